The third-order valence-corrected chi connectivity index (χ3v) is 3.36. The summed E-state index contributed by atoms with van der Waals surface area (Å²) in [5.74, 6) is 0. The molecule has 86 valence electrons. The number of anilines is 1. The zero-order valence-electron chi connectivity index (χ0n) is 9.24. The molecule has 2 heterocycles. The average Bonchev–Trinajstić information content (AvgIpc) is 2.83. The first kappa shape index (κ1) is 10.4. The Morgan fingerprint density at radius 1 is 1.41 bits per heavy atom. The Bertz CT molecular complexity index is 676. The highest BCUT2D eigenvalue weighted by Gasteiger charge is 2.13. The maximum Gasteiger partial charge on any atom is 0.0930 e. The number of benzene rings is 1. The fraction of sp³-hybridized carbons (Fsp3) is 0.0833. The lowest BCUT2D eigenvalue weighted by molar-refractivity contribution is 0.776. The van der Waals surface area contributed by atoms with Gasteiger partial charge in [-0.15, -0.1) is 0 Å². The van der Waals surface area contributed by atoms with E-state index in [1.807, 2.05) is 25.4 Å². The summed E-state index contributed by atoms with van der Waals surface area (Å²) in [5.41, 5.74) is 9.74. The van der Waals surface area contributed by atoms with E-state index in [-0.39, 0.29) is 0 Å². The number of nitrogens with two attached hydrogens (primary N) is 1. The molecule has 3 rings (SSSR count). The second kappa shape index (κ2) is 3.63. The topological polar surface area (TPSA) is 59.6 Å². The summed E-state index contributed by atoms with van der Waals surface area (Å²) in [7, 11) is 1.89. The summed E-state index contributed by atoms with van der Waals surface area (Å²) in [5, 5.41) is 5.30. The third kappa shape index (κ3) is 1.54. The van der Waals surface area contributed by atoms with Crippen LogP contribution in [0.25, 0.3) is 22.2 Å². The summed E-state index contributed by atoms with van der Waals surface area (Å²) in [6.45, 7) is 0. The largest absolute Gasteiger partial charge is 0.396 e. The van der Waals surface area contributed by atoms with Crippen molar-refractivity contribution in [2.45, 2.75) is 0 Å². The number of fused-ring (bicyclic) bond motifs is 1. The molecule has 0 spiro atoms. The van der Waals surface area contributed by atoms with Crippen molar-refractivity contribution in [2.75, 3.05) is 5.73 Å². The van der Waals surface area contributed by atoms with Crippen LogP contribution >= 0.6 is 15.9 Å². The van der Waals surface area contributed by atoms with Crippen LogP contribution in [0.2, 0.25) is 0 Å². The molecular formula is C12H11BrN4. The van der Waals surface area contributed by atoms with Crippen molar-refractivity contribution in [1.29, 1.82) is 0 Å². The summed E-state index contributed by atoms with van der Waals surface area (Å²) >= 11 is 3.48. The lowest BCUT2D eigenvalue weighted by Crippen LogP contribution is -1.95. The van der Waals surface area contributed by atoms with E-state index in [1.165, 1.54) is 0 Å². The number of aryl methyl sites for hydroxylation is 1. The van der Waals surface area contributed by atoms with Gasteiger partial charge in [-0.3, -0.25) is 4.68 Å². The Morgan fingerprint density at radius 3 is 2.94 bits per heavy atom. The van der Waals surface area contributed by atoms with Gasteiger partial charge in [-0.05, 0) is 18.2 Å². The van der Waals surface area contributed by atoms with Crippen LogP contribution in [0.5, 0.6) is 0 Å². The fourth-order valence-electron chi connectivity index (χ4n) is 2.07. The quantitative estimate of drug-likeness (QED) is 0.724. The molecule has 0 unspecified atom stereocenters. The summed E-state index contributed by atoms with van der Waals surface area (Å²) in [6.07, 6.45) is 3.64. The minimum absolute atomic E-state index is 0.688. The molecular weight excluding hydrogens is 280 g/mol. The van der Waals surface area contributed by atoms with E-state index in [2.05, 4.69) is 32.1 Å². The SMILES string of the molecule is Cn1ncc(N)c1-c1c[nH]c2ccc(Br)cc12. The Morgan fingerprint density at radius 2 is 2.24 bits per heavy atom. The van der Waals surface area contributed by atoms with E-state index in [1.54, 1.807) is 10.9 Å². The number of hydrogen-bond acceptors (Lipinski definition) is 2. The summed E-state index contributed by atoms with van der Waals surface area (Å²) in [6, 6.07) is 6.12. The van der Waals surface area contributed by atoms with Crippen molar-refractivity contribution in [3.05, 3.63) is 35.1 Å². The van der Waals surface area contributed by atoms with Gasteiger partial charge in [0.15, 0.2) is 0 Å². The van der Waals surface area contributed by atoms with Crippen molar-refractivity contribution in [1.82, 2.24) is 14.8 Å². The van der Waals surface area contributed by atoms with Crippen LogP contribution < -0.4 is 5.73 Å². The van der Waals surface area contributed by atoms with Crippen molar-refractivity contribution >= 4 is 32.5 Å². The molecule has 0 aliphatic heterocycles. The molecule has 0 fully saturated rings. The second-order valence-corrected chi connectivity index (χ2v) is 4.88. The Kier molecular flexibility index (Phi) is 2.22. The zero-order chi connectivity index (χ0) is 12.0. The minimum atomic E-state index is 0.688. The highest BCUT2D eigenvalue weighted by atomic mass is 79.9. The molecule has 0 bridgehead atoms. The third-order valence-electron chi connectivity index (χ3n) is 2.87. The molecule has 2 aromatic heterocycles. The zero-order valence-corrected chi connectivity index (χ0v) is 10.8. The number of halogens is 1. The normalized spacial score (nSPS) is 11.2. The van der Waals surface area contributed by atoms with Crippen molar-refractivity contribution in [3.8, 4) is 11.3 Å². The molecule has 5 heteroatoms. The standard InChI is InChI=1S/C12H11BrN4/c1-17-12(10(14)6-16-17)9-5-15-11-3-2-7(13)4-8(9)11/h2-6,15H,14H2,1H3. The Balaban J connectivity index is 2.35. The van der Waals surface area contributed by atoms with E-state index >= 15 is 0 Å². The van der Waals surface area contributed by atoms with Crippen molar-refractivity contribution in [2.24, 2.45) is 7.05 Å². The van der Waals surface area contributed by atoms with Crippen LogP contribution in [0.15, 0.2) is 35.1 Å². The van der Waals surface area contributed by atoms with Crippen molar-refractivity contribution < 1.29 is 0 Å². The monoisotopic (exact) mass is 290 g/mol. The molecule has 0 atom stereocenters. The van der Waals surface area contributed by atoms with Gasteiger partial charge in [0, 0.05) is 34.2 Å². The molecule has 0 aliphatic rings. The molecule has 4 nitrogen and oxygen atoms in total. The first-order valence-corrected chi connectivity index (χ1v) is 6.00. The Labute approximate surface area is 107 Å². The van der Waals surface area contributed by atoms with Gasteiger partial charge in [0.2, 0.25) is 0 Å². The molecule has 0 saturated heterocycles. The van der Waals surface area contributed by atoms with Crippen LogP contribution in [0.4, 0.5) is 5.69 Å². The number of aromatic nitrogens is 3. The molecule has 0 aliphatic carbocycles. The molecule has 0 amide bonds. The van der Waals surface area contributed by atoms with E-state index in [9.17, 15) is 0 Å². The van der Waals surface area contributed by atoms with Gasteiger partial charge in [-0.2, -0.15) is 5.10 Å². The molecule has 0 radical (unpaired) electrons. The number of rotatable bonds is 1. The highest BCUT2D eigenvalue weighted by molar-refractivity contribution is 9.10. The van der Waals surface area contributed by atoms with Crippen LogP contribution in [0, 0.1) is 0 Å². The highest BCUT2D eigenvalue weighted by Crippen LogP contribution is 2.33. The van der Waals surface area contributed by atoms with Gasteiger partial charge in [-0.1, -0.05) is 15.9 Å². The van der Waals surface area contributed by atoms with Crippen LogP contribution in [-0.4, -0.2) is 14.8 Å². The molecule has 1 aromatic carbocycles. The fourth-order valence-corrected chi connectivity index (χ4v) is 2.43. The smallest absolute Gasteiger partial charge is 0.0930 e. The molecule has 3 aromatic rings. The molecule has 3 N–H and O–H groups in total. The second-order valence-electron chi connectivity index (χ2n) is 3.96. The summed E-state index contributed by atoms with van der Waals surface area (Å²) in [4.78, 5) is 3.24. The lowest BCUT2D eigenvalue weighted by atomic mass is 10.1. The van der Waals surface area contributed by atoms with E-state index in [4.69, 9.17) is 5.73 Å². The number of nitrogen functional groups attached to an aromatic ring is 1. The van der Waals surface area contributed by atoms with E-state index in [0.717, 1.165) is 26.6 Å². The van der Waals surface area contributed by atoms with Gasteiger partial charge in [0.05, 0.1) is 17.6 Å². The van der Waals surface area contributed by atoms with Crippen LogP contribution in [0.1, 0.15) is 0 Å². The van der Waals surface area contributed by atoms with Gasteiger partial charge in [0.1, 0.15) is 0 Å². The van der Waals surface area contributed by atoms with Gasteiger partial charge < -0.3 is 10.7 Å². The number of H-pyrrole nitrogens is 1. The predicted molar refractivity (Wildman–Crippen MR) is 72.6 cm³/mol. The number of aromatic amines is 1. The minimum Gasteiger partial charge on any atom is -0.396 e. The maximum atomic E-state index is 5.95. The molecule has 17 heavy (non-hydrogen) atoms. The number of nitrogens with zero attached hydrogens (tertiary/aromatic N) is 2. The van der Waals surface area contributed by atoms with Gasteiger partial charge in [0.25, 0.3) is 0 Å². The van der Waals surface area contributed by atoms with Crippen molar-refractivity contribution in [3.63, 3.8) is 0 Å². The predicted octanol–water partition coefficient (Wildman–Crippen LogP) is 2.91. The number of nitrogens with one attached hydrogen (secondary N) is 1. The summed E-state index contributed by atoms with van der Waals surface area (Å²) < 4.78 is 2.84. The first-order valence-electron chi connectivity index (χ1n) is 5.21. The molecule has 0 saturated carbocycles. The first-order chi connectivity index (χ1) is 8.16. The number of hydrogen-bond donors (Lipinski definition) is 2. The van der Waals surface area contributed by atoms with E-state index < -0.39 is 0 Å². The van der Waals surface area contributed by atoms with Crippen LogP contribution in [-0.2, 0) is 7.05 Å². The Hall–Kier alpha value is -1.75. The average molecular weight is 291 g/mol. The van der Waals surface area contributed by atoms with Gasteiger partial charge in [-0.25, -0.2) is 0 Å². The lowest BCUT2D eigenvalue weighted by Gasteiger charge is -2.02. The van der Waals surface area contributed by atoms with Crippen LogP contribution in [0.3, 0.4) is 0 Å². The van der Waals surface area contributed by atoms with Gasteiger partial charge >= 0.3 is 0 Å². The maximum absolute atomic E-state index is 5.95. The van der Waals surface area contributed by atoms with E-state index in [0.29, 0.717) is 5.69 Å².